The van der Waals surface area contributed by atoms with Crippen LogP contribution in [0.25, 0.3) is 0 Å². The second-order valence-electron chi connectivity index (χ2n) is 4.62. The Kier molecular flexibility index (Phi) is 0.508. The zero-order valence-corrected chi connectivity index (χ0v) is 6.09. The highest BCUT2D eigenvalue weighted by Gasteiger charge is 2.63. The first-order valence-corrected chi connectivity index (χ1v) is 4.66. The van der Waals surface area contributed by atoms with E-state index in [4.69, 9.17) is 0 Å². The zero-order valence-electron chi connectivity index (χ0n) is 6.09. The van der Waals surface area contributed by atoms with E-state index in [-0.39, 0.29) is 0 Å². The Bertz CT molecular complexity index is 238. The van der Waals surface area contributed by atoms with Crippen LogP contribution < -0.4 is 0 Å². The van der Waals surface area contributed by atoms with E-state index in [0.717, 1.165) is 5.92 Å². The molecule has 0 aromatic carbocycles. The van der Waals surface area contributed by atoms with E-state index >= 15 is 0 Å². The summed E-state index contributed by atoms with van der Waals surface area (Å²) in [4.78, 5) is 0. The molecule has 0 nitrogen and oxygen atoms in total. The van der Waals surface area contributed by atoms with E-state index in [1.807, 2.05) is 5.57 Å². The molecule has 0 heteroatoms. The summed E-state index contributed by atoms with van der Waals surface area (Å²) in [5, 5.41) is 0. The highest BCUT2D eigenvalue weighted by Crippen LogP contribution is 2.71. The first kappa shape index (κ1) is 4.58. The lowest BCUT2D eigenvalue weighted by atomic mass is 9.47. The van der Waals surface area contributed by atoms with E-state index in [9.17, 15) is 0 Å². The van der Waals surface area contributed by atoms with Crippen LogP contribution in [0.15, 0.2) is 11.6 Å². The van der Waals surface area contributed by atoms with Gasteiger partial charge in [0.2, 0.25) is 0 Å². The minimum Gasteiger partial charge on any atom is -0.0772 e. The third kappa shape index (κ3) is 0.291. The van der Waals surface area contributed by atoms with Gasteiger partial charge >= 0.3 is 0 Å². The molecule has 3 fully saturated rings. The summed E-state index contributed by atoms with van der Waals surface area (Å²) in [5.74, 6) is 5.81. The lowest BCUT2D eigenvalue weighted by Gasteiger charge is -2.58. The van der Waals surface area contributed by atoms with Crippen molar-refractivity contribution in [3.63, 3.8) is 0 Å². The number of fused-ring (bicyclic) bond motifs is 6. The van der Waals surface area contributed by atoms with Crippen molar-refractivity contribution in [2.24, 2.45) is 29.6 Å². The van der Waals surface area contributed by atoms with Crippen LogP contribution in [0.3, 0.4) is 0 Å². The molecule has 4 aliphatic rings. The third-order valence-electron chi connectivity index (χ3n) is 4.52. The summed E-state index contributed by atoms with van der Waals surface area (Å²) in [5.41, 5.74) is 1.84. The molecule has 5 unspecified atom stereocenters. The number of rotatable bonds is 0. The maximum absolute atomic E-state index is 2.52. The molecular weight excluding hydrogens is 120 g/mol. The maximum Gasteiger partial charge on any atom is 0.00138 e. The van der Waals surface area contributed by atoms with Crippen LogP contribution in [0, 0.1) is 29.6 Å². The van der Waals surface area contributed by atoms with Crippen LogP contribution in [-0.2, 0) is 0 Å². The van der Waals surface area contributed by atoms with Gasteiger partial charge in [0.1, 0.15) is 0 Å². The molecule has 52 valence electrons. The Hall–Kier alpha value is -0.260. The Morgan fingerprint density at radius 1 is 1.10 bits per heavy atom. The zero-order chi connectivity index (χ0) is 6.29. The van der Waals surface area contributed by atoms with Gasteiger partial charge in [0.15, 0.2) is 0 Å². The predicted molar refractivity (Wildman–Crippen MR) is 39.4 cm³/mol. The van der Waals surface area contributed by atoms with Gasteiger partial charge in [0, 0.05) is 5.92 Å². The Labute approximate surface area is 61.3 Å². The van der Waals surface area contributed by atoms with E-state index < -0.39 is 0 Å². The second kappa shape index (κ2) is 1.11. The summed E-state index contributed by atoms with van der Waals surface area (Å²) < 4.78 is 0. The number of hydrogen-bond donors (Lipinski definition) is 0. The standard InChI is InChI=1S/C10H12/c1-2-7-6(1)9-4-5-3-8(5)10(7)9/h3,6-10H,1-2,4H2. The van der Waals surface area contributed by atoms with E-state index in [2.05, 4.69) is 6.08 Å². The second-order valence-corrected chi connectivity index (χ2v) is 4.62. The molecule has 0 radical (unpaired) electrons. The summed E-state index contributed by atoms with van der Waals surface area (Å²) in [7, 11) is 0. The average molecular weight is 132 g/mol. The molecule has 0 aromatic rings. The molecule has 4 rings (SSSR count). The van der Waals surface area contributed by atoms with Gasteiger partial charge in [-0.15, -0.1) is 0 Å². The molecule has 10 heavy (non-hydrogen) atoms. The molecule has 0 aromatic heterocycles. The summed E-state index contributed by atoms with van der Waals surface area (Å²) in [6.45, 7) is 0. The average Bonchev–Trinajstić information content (AvgIpc) is 2.53. The van der Waals surface area contributed by atoms with Crippen molar-refractivity contribution in [2.75, 3.05) is 0 Å². The molecule has 4 aliphatic carbocycles. The molecular formula is C10H12. The summed E-state index contributed by atoms with van der Waals surface area (Å²) in [6, 6.07) is 0. The van der Waals surface area contributed by atoms with Gasteiger partial charge in [-0.3, -0.25) is 0 Å². The Balaban J connectivity index is 1.76. The van der Waals surface area contributed by atoms with Gasteiger partial charge in [-0.25, -0.2) is 0 Å². The molecule has 0 N–H and O–H groups in total. The van der Waals surface area contributed by atoms with Crippen LogP contribution >= 0.6 is 0 Å². The minimum absolute atomic E-state index is 1.05. The fraction of sp³-hybridized carbons (Fsp3) is 0.800. The van der Waals surface area contributed by atoms with Crippen LogP contribution in [0.2, 0.25) is 0 Å². The largest absolute Gasteiger partial charge is 0.0772 e. The highest BCUT2D eigenvalue weighted by atomic mass is 14.7. The number of hydrogen-bond acceptors (Lipinski definition) is 0. The fourth-order valence-electron chi connectivity index (χ4n) is 3.86. The SMILES string of the molecule is C1=C2CC3C4CCC4C3C12. The minimum atomic E-state index is 1.05. The summed E-state index contributed by atoms with van der Waals surface area (Å²) in [6.07, 6.45) is 7.18. The lowest BCUT2D eigenvalue weighted by Crippen LogP contribution is -2.51. The molecule has 0 bridgehead atoms. The molecule has 0 heterocycles. The van der Waals surface area contributed by atoms with E-state index in [1.165, 1.54) is 30.1 Å². The Morgan fingerprint density at radius 3 is 2.70 bits per heavy atom. The van der Waals surface area contributed by atoms with Crippen molar-refractivity contribution in [2.45, 2.75) is 19.3 Å². The van der Waals surface area contributed by atoms with Crippen LogP contribution in [-0.4, -0.2) is 0 Å². The third-order valence-corrected chi connectivity index (χ3v) is 4.52. The molecule has 0 amide bonds. The summed E-state index contributed by atoms with van der Waals surface area (Å²) >= 11 is 0. The predicted octanol–water partition coefficient (Wildman–Crippen LogP) is 2.22. The van der Waals surface area contributed by atoms with Gasteiger partial charge < -0.3 is 0 Å². The van der Waals surface area contributed by atoms with Crippen molar-refractivity contribution >= 4 is 0 Å². The van der Waals surface area contributed by atoms with Crippen molar-refractivity contribution in [1.29, 1.82) is 0 Å². The van der Waals surface area contributed by atoms with Gasteiger partial charge in [-0.2, -0.15) is 0 Å². The van der Waals surface area contributed by atoms with Crippen LogP contribution in [0.1, 0.15) is 19.3 Å². The van der Waals surface area contributed by atoms with E-state index in [1.54, 1.807) is 12.8 Å². The first-order valence-electron chi connectivity index (χ1n) is 4.66. The fourth-order valence-corrected chi connectivity index (χ4v) is 3.86. The van der Waals surface area contributed by atoms with Crippen molar-refractivity contribution < 1.29 is 0 Å². The van der Waals surface area contributed by atoms with Crippen molar-refractivity contribution in [3.8, 4) is 0 Å². The maximum atomic E-state index is 2.52. The number of allylic oxidation sites excluding steroid dienone is 2. The van der Waals surface area contributed by atoms with Gasteiger partial charge in [0.25, 0.3) is 0 Å². The topological polar surface area (TPSA) is 0 Å². The first-order chi connectivity index (χ1) is 4.95. The highest BCUT2D eigenvalue weighted by molar-refractivity contribution is 5.40. The Morgan fingerprint density at radius 2 is 2.00 bits per heavy atom. The quantitative estimate of drug-likeness (QED) is 0.443. The van der Waals surface area contributed by atoms with Crippen LogP contribution in [0.4, 0.5) is 0 Å². The molecule has 3 saturated carbocycles. The van der Waals surface area contributed by atoms with Gasteiger partial charge in [-0.1, -0.05) is 11.6 Å². The van der Waals surface area contributed by atoms with Crippen molar-refractivity contribution in [3.05, 3.63) is 11.6 Å². The lowest BCUT2D eigenvalue weighted by molar-refractivity contribution is -0.0919. The van der Waals surface area contributed by atoms with E-state index in [0.29, 0.717) is 0 Å². The van der Waals surface area contributed by atoms with Gasteiger partial charge in [0.05, 0.1) is 0 Å². The molecule has 0 saturated heterocycles. The van der Waals surface area contributed by atoms with Gasteiger partial charge in [-0.05, 0) is 42.9 Å². The smallest absolute Gasteiger partial charge is 0.00138 e. The normalized spacial score (nSPS) is 66.4. The molecule has 0 spiro atoms. The monoisotopic (exact) mass is 132 g/mol. The van der Waals surface area contributed by atoms with Crippen molar-refractivity contribution in [1.82, 2.24) is 0 Å². The van der Waals surface area contributed by atoms with Crippen LogP contribution in [0.5, 0.6) is 0 Å². The molecule has 0 aliphatic heterocycles. The molecule has 5 atom stereocenters.